The third kappa shape index (κ3) is 3.74. The van der Waals surface area contributed by atoms with Gasteiger partial charge in [-0.2, -0.15) is 0 Å². The number of amides is 1. The minimum absolute atomic E-state index is 0.0135. The second-order valence-electron chi connectivity index (χ2n) is 4.04. The van der Waals surface area contributed by atoms with Gasteiger partial charge in [-0.15, -0.1) is 10.2 Å². The second-order valence-corrected chi connectivity index (χ2v) is 4.04. The van der Waals surface area contributed by atoms with Gasteiger partial charge in [0.05, 0.1) is 6.54 Å². The molecule has 0 saturated carbocycles. The van der Waals surface area contributed by atoms with Crippen molar-refractivity contribution in [2.75, 3.05) is 17.6 Å². The predicted molar refractivity (Wildman–Crippen MR) is 78.6 cm³/mol. The maximum absolute atomic E-state index is 11.1. The maximum atomic E-state index is 11.1. The lowest BCUT2D eigenvalue weighted by molar-refractivity contribution is -0.114. The van der Waals surface area contributed by atoms with E-state index in [1.54, 1.807) is 24.3 Å². The second kappa shape index (κ2) is 6.44. The average molecular weight is 286 g/mol. The summed E-state index contributed by atoms with van der Waals surface area (Å²) >= 11 is 0. The number of rotatable bonds is 4. The summed E-state index contributed by atoms with van der Waals surface area (Å²) in [5, 5.41) is 19.9. The van der Waals surface area contributed by atoms with Crippen LogP contribution in [-0.4, -0.2) is 22.5 Å². The molecule has 2 aromatic rings. The zero-order chi connectivity index (χ0) is 15.2. The number of nitrogens with zero attached hydrogens (tertiary/aromatic N) is 3. The van der Waals surface area contributed by atoms with Crippen LogP contribution in [0.25, 0.3) is 0 Å². The van der Waals surface area contributed by atoms with E-state index < -0.39 is 0 Å². The number of nitrogen functional groups attached to an aromatic ring is 1. The number of benzene rings is 1. The Labute approximate surface area is 120 Å². The topological polar surface area (TPSA) is 139 Å². The molecule has 8 nitrogen and oxygen atoms in total. The van der Waals surface area contributed by atoms with Gasteiger partial charge in [-0.1, -0.05) is 12.1 Å². The number of azo groups is 1. The van der Waals surface area contributed by atoms with Crippen molar-refractivity contribution in [2.24, 2.45) is 16.0 Å². The van der Waals surface area contributed by atoms with Crippen LogP contribution < -0.4 is 16.8 Å². The minimum atomic E-state index is -0.370. The third-order valence-corrected chi connectivity index (χ3v) is 2.50. The van der Waals surface area contributed by atoms with Gasteiger partial charge in [0, 0.05) is 0 Å². The molecular weight excluding hydrogens is 272 g/mol. The van der Waals surface area contributed by atoms with Gasteiger partial charge in [-0.05, 0) is 24.3 Å². The lowest BCUT2D eigenvalue weighted by atomic mass is 10.3. The van der Waals surface area contributed by atoms with E-state index in [-0.39, 0.29) is 29.8 Å². The molecule has 0 aliphatic rings. The van der Waals surface area contributed by atoms with Crippen molar-refractivity contribution in [1.29, 1.82) is 0 Å². The number of hydrogen-bond donors (Lipinski definition) is 4. The molecule has 2 rings (SSSR count). The molecule has 1 amide bonds. The number of carbonyl (C=O) groups is 1. The number of aromatic hydroxyl groups is 1. The van der Waals surface area contributed by atoms with Crippen molar-refractivity contribution in [1.82, 2.24) is 4.98 Å². The van der Waals surface area contributed by atoms with E-state index in [2.05, 4.69) is 20.5 Å². The first kappa shape index (κ1) is 14.4. The molecule has 0 aliphatic heterocycles. The van der Waals surface area contributed by atoms with Crippen LogP contribution in [0.3, 0.4) is 0 Å². The molecule has 21 heavy (non-hydrogen) atoms. The van der Waals surface area contributed by atoms with Crippen LogP contribution in [-0.2, 0) is 4.79 Å². The van der Waals surface area contributed by atoms with Crippen molar-refractivity contribution in [3.05, 3.63) is 36.4 Å². The lowest BCUT2D eigenvalue weighted by Gasteiger charge is -2.04. The zero-order valence-electron chi connectivity index (χ0n) is 11.0. The summed E-state index contributed by atoms with van der Waals surface area (Å²) in [6.07, 6.45) is 0. The number of phenols is 1. The predicted octanol–water partition coefficient (Wildman–Crippen LogP) is 1.68. The highest BCUT2D eigenvalue weighted by Gasteiger charge is 2.05. The van der Waals surface area contributed by atoms with Crippen molar-refractivity contribution in [2.45, 2.75) is 0 Å². The molecule has 0 fully saturated rings. The number of aromatic nitrogens is 1. The highest BCUT2D eigenvalue weighted by molar-refractivity contribution is 5.91. The highest BCUT2D eigenvalue weighted by Crippen LogP contribution is 2.29. The Balaban J connectivity index is 2.18. The quantitative estimate of drug-likeness (QED) is 0.633. The Morgan fingerprint density at radius 3 is 2.57 bits per heavy atom. The fraction of sp³-hybridized carbons (Fsp3) is 0.0769. The Kier molecular flexibility index (Phi) is 4.42. The van der Waals surface area contributed by atoms with Crippen molar-refractivity contribution in [3.63, 3.8) is 0 Å². The van der Waals surface area contributed by atoms with Crippen LogP contribution in [0.5, 0.6) is 5.75 Å². The number of nitrogens with one attached hydrogen (secondary N) is 1. The molecule has 0 spiro atoms. The van der Waals surface area contributed by atoms with Gasteiger partial charge in [0.2, 0.25) is 5.91 Å². The van der Waals surface area contributed by atoms with Crippen LogP contribution in [0.1, 0.15) is 0 Å². The largest absolute Gasteiger partial charge is 0.506 e. The summed E-state index contributed by atoms with van der Waals surface area (Å²) in [4.78, 5) is 15.1. The van der Waals surface area contributed by atoms with Gasteiger partial charge in [-0.3, -0.25) is 4.79 Å². The molecule has 108 valence electrons. The van der Waals surface area contributed by atoms with Crippen LogP contribution in [0.2, 0.25) is 0 Å². The van der Waals surface area contributed by atoms with Crippen LogP contribution in [0, 0.1) is 0 Å². The minimum Gasteiger partial charge on any atom is -0.506 e. The Hall–Kier alpha value is -3.00. The van der Waals surface area contributed by atoms with Crippen molar-refractivity contribution < 1.29 is 9.90 Å². The molecule has 0 atom stereocenters. The third-order valence-electron chi connectivity index (χ3n) is 2.50. The van der Waals surface area contributed by atoms with Crippen molar-refractivity contribution in [3.8, 4) is 5.75 Å². The van der Waals surface area contributed by atoms with Crippen LogP contribution >= 0.6 is 0 Å². The van der Waals surface area contributed by atoms with Gasteiger partial charge in [0.15, 0.2) is 5.82 Å². The number of carbonyl (C=O) groups excluding carboxylic acids is 1. The number of phenolic OH excluding ortho intramolecular Hbond substituents is 1. The van der Waals surface area contributed by atoms with Gasteiger partial charge < -0.3 is 21.9 Å². The summed E-state index contributed by atoms with van der Waals surface area (Å²) in [7, 11) is 0. The fourth-order valence-electron chi connectivity index (χ4n) is 1.47. The van der Waals surface area contributed by atoms with Crippen molar-refractivity contribution >= 4 is 28.9 Å². The number of para-hydroxylation sites is 1. The first-order valence-electron chi connectivity index (χ1n) is 6.06. The summed E-state index contributed by atoms with van der Waals surface area (Å²) in [6.45, 7) is -0.143. The molecule has 8 heteroatoms. The molecule has 0 radical (unpaired) electrons. The van der Waals surface area contributed by atoms with Gasteiger partial charge in [0.25, 0.3) is 0 Å². The van der Waals surface area contributed by atoms with E-state index in [1.165, 1.54) is 12.1 Å². The number of pyridine rings is 1. The van der Waals surface area contributed by atoms with E-state index in [0.717, 1.165) is 0 Å². The Morgan fingerprint density at radius 2 is 1.90 bits per heavy atom. The van der Waals surface area contributed by atoms with Gasteiger partial charge >= 0.3 is 0 Å². The summed E-state index contributed by atoms with van der Waals surface area (Å²) in [6, 6.07) is 9.60. The number of nitrogens with two attached hydrogens (primary N) is 2. The highest BCUT2D eigenvalue weighted by atomic mass is 16.3. The molecule has 1 aromatic heterocycles. The maximum Gasteiger partial charge on any atom is 0.239 e. The molecule has 1 aromatic carbocycles. The Morgan fingerprint density at radius 1 is 1.19 bits per heavy atom. The summed E-state index contributed by atoms with van der Waals surface area (Å²) < 4.78 is 0. The Bertz CT molecular complexity index is 686. The molecule has 6 N–H and O–H groups in total. The molecule has 0 unspecified atom stereocenters. The van der Waals surface area contributed by atoms with E-state index in [0.29, 0.717) is 11.4 Å². The number of hydrogen-bond acceptors (Lipinski definition) is 7. The number of anilines is 2. The standard InChI is InChI=1S/C13H14N6O2/c14-7-12(21)16-11-6-5-9(13(15)17-11)19-18-8-3-1-2-4-10(8)20/h1-6,20H,7,14H2,(H3,15,16,17,21). The van der Waals surface area contributed by atoms with Gasteiger partial charge in [0.1, 0.15) is 22.9 Å². The summed E-state index contributed by atoms with van der Waals surface area (Å²) in [5.74, 6) is 0.0264. The van der Waals surface area contributed by atoms with E-state index >= 15 is 0 Å². The molecule has 0 bridgehead atoms. The van der Waals surface area contributed by atoms with Gasteiger partial charge in [-0.25, -0.2) is 4.98 Å². The molecule has 1 heterocycles. The smallest absolute Gasteiger partial charge is 0.239 e. The zero-order valence-corrected chi connectivity index (χ0v) is 11.0. The first-order valence-corrected chi connectivity index (χ1v) is 6.06. The monoisotopic (exact) mass is 286 g/mol. The SMILES string of the molecule is NCC(=O)Nc1ccc(N=Nc2ccccc2O)c(N)n1. The normalized spacial score (nSPS) is 10.7. The lowest BCUT2D eigenvalue weighted by Crippen LogP contribution is -2.22. The fourth-order valence-corrected chi connectivity index (χ4v) is 1.47. The molecular formula is C13H14N6O2. The van der Waals surface area contributed by atoms with E-state index in [9.17, 15) is 9.90 Å². The molecule has 0 aliphatic carbocycles. The molecule has 0 saturated heterocycles. The first-order chi connectivity index (χ1) is 10.1. The van der Waals surface area contributed by atoms with Crippen LogP contribution in [0.15, 0.2) is 46.6 Å². The summed E-state index contributed by atoms with van der Waals surface area (Å²) in [5.41, 5.74) is 11.6. The van der Waals surface area contributed by atoms with E-state index in [4.69, 9.17) is 11.5 Å². The van der Waals surface area contributed by atoms with Crippen LogP contribution in [0.4, 0.5) is 23.0 Å². The average Bonchev–Trinajstić information content (AvgIpc) is 2.48. The van der Waals surface area contributed by atoms with E-state index in [1.807, 2.05) is 0 Å².